The van der Waals surface area contributed by atoms with Gasteiger partial charge in [0.15, 0.2) is 0 Å². The minimum Gasteiger partial charge on any atom is -0.480 e. The summed E-state index contributed by atoms with van der Waals surface area (Å²) >= 11 is 0. The van der Waals surface area contributed by atoms with Gasteiger partial charge in [0.1, 0.15) is 6.54 Å². The molecular formula is C8H16N2O6S. The first-order valence-corrected chi connectivity index (χ1v) is 6.37. The largest absolute Gasteiger partial charge is 0.480 e. The average Bonchev–Trinajstić information content (AvgIpc) is 2.15. The summed E-state index contributed by atoms with van der Waals surface area (Å²) in [6.07, 6.45) is 0.216. The Hall–Kier alpha value is -1.19. The number of rotatable bonds is 9. The van der Waals surface area contributed by atoms with Gasteiger partial charge < -0.3 is 15.6 Å². The van der Waals surface area contributed by atoms with Crippen LogP contribution in [0.2, 0.25) is 0 Å². The van der Waals surface area contributed by atoms with Crippen LogP contribution < -0.4 is 5.73 Å². The zero-order valence-corrected chi connectivity index (χ0v) is 10.3. The number of aliphatic carboxylic acids is 1. The molecule has 17 heavy (non-hydrogen) atoms. The number of nitrogens with zero attached hydrogens (tertiary/aromatic N) is 1. The van der Waals surface area contributed by atoms with Crippen LogP contribution in [0.3, 0.4) is 0 Å². The predicted molar refractivity (Wildman–Crippen MR) is 58.7 cm³/mol. The van der Waals surface area contributed by atoms with Gasteiger partial charge in [-0.1, -0.05) is 0 Å². The molecular weight excluding hydrogens is 252 g/mol. The number of carbonyl (C=O) groups excluding carboxylic acids is 1. The molecule has 0 spiro atoms. The first-order chi connectivity index (χ1) is 7.79. The van der Waals surface area contributed by atoms with Crippen LogP contribution >= 0.6 is 0 Å². The van der Waals surface area contributed by atoms with E-state index in [0.717, 1.165) is 0 Å². The van der Waals surface area contributed by atoms with Crippen LogP contribution in [0.25, 0.3) is 0 Å². The molecule has 8 nitrogen and oxygen atoms in total. The lowest BCUT2D eigenvalue weighted by atomic mass is 10.5. The highest BCUT2D eigenvalue weighted by Crippen LogP contribution is 2.03. The summed E-state index contributed by atoms with van der Waals surface area (Å²) in [5.74, 6) is -2.54. The van der Waals surface area contributed by atoms with Crippen molar-refractivity contribution < 1.29 is 27.9 Å². The van der Waals surface area contributed by atoms with Crippen molar-refractivity contribution in [3.8, 4) is 0 Å². The van der Waals surface area contributed by atoms with Crippen LogP contribution in [-0.2, 0) is 24.3 Å². The fraction of sp³-hybridized carbons (Fsp3) is 0.750. The standard InChI is InChI=1S/C8H16N2O6S/c1-16-3-2-4-17(14,15)10(5-7(9)11)6-8(12)13/h2-6H2,1H3,(H2,9,11)(H,12,13). The van der Waals surface area contributed by atoms with Crippen molar-refractivity contribution in [1.82, 2.24) is 4.31 Å². The Balaban J connectivity index is 4.64. The Kier molecular flexibility index (Phi) is 6.69. The van der Waals surface area contributed by atoms with Gasteiger partial charge in [0, 0.05) is 13.7 Å². The van der Waals surface area contributed by atoms with E-state index in [1.807, 2.05) is 0 Å². The van der Waals surface area contributed by atoms with Gasteiger partial charge in [-0.2, -0.15) is 4.31 Å². The van der Waals surface area contributed by atoms with Crippen molar-refractivity contribution in [3.05, 3.63) is 0 Å². The second-order valence-electron chi connectivity index (χ2n) is 3.29. The lowest BCUT2D eigenvalue weighted by molar-refractivity contribution is -0.137. The third-order valence-corrected chi connectivity index (χ3v) is 3.64. The smallest absolute Gasteiger partial charge is 0.318 e. The predicted octanol–water partition coefficient (Wildman–Crippen LogP) is -1.78. The molecule has 100 valence electrons. The van der Waals surface area contributed by atoms with Crippen molar-refractivity contribution >= 4 is 21.9 Å². The Labute approximate surface area is 99.4 Å². The van der Waals surface area contributed by atoms with Gasteiger partial charge in [-0.3, -0.25) is 9.59 Å². The van der Waals surface area contributed by atoms with Gasteiger partial charge in [0.05, 0.1) is 12.3 Å². The monoisotopic (exact) mass is 268 g/mol. The van der Waals surface area contributed by atoms with Crippen molar-refractivity contribution in [1.29, 1.82) is 0 Å². The zero-order valence-electron chi connectivity index (χ0n) is 9.46. The minimum atomic E-state index is -3.81. The molecule has 0 rings (SSSR count). The maximum absolute atomic E-state index is 11.7. The molecule has 0 aromatic heterocycles. The molecule has 0 atom stereocenters. The topological polar surface area (TPSA) is 127 Å². The van der Waals surface area contributed by atoms with E-state index in [4.69, 9.17) is 10.8 Å². The highest BCUT2D eigenvalue weighted by Gasteiger charge is 2.25. The molecule has 0 unspecified atom stereocenters. The number of sulfonamides is 1. The molecule has 0 aliphatic heterocycles. The molecule has 0 saturated carbocycles. The number of hydrogen-bond donors (Lipinski definition) is 2. The molecule has 0 aliphatic rings. The number of methoxy groups -OCH3 is 1. The van der Waals surface area contributed by atoms with Crippen LogP contribution in [0.1, 0.15) is 6.42 Å². The molecule has 0 bridgehead atoms. The van der Waals surface area contributed by atoms with Crippen molar-refractivity contribution in [3.63, 3.8) is 0 Å². The van der Waals surface area contributed by atoms with Gasteiger partial charge in [0.25, 0.3) is 0 Å². The summed E-state index contributed by atoms with van der Waals surface area (Å²) in [4.78, 5) is 21.2. The summed E-state index contributed by atoms with van der Waals surface area (Å²) in [5.41, 5.74) is 4.86. The summed E-state index contributed by atoms with van der Waals surface area (Å²) < 4.78 is 28.6. The lowest BCUT2D eigenvalue weighted by Crippen LogP contribution is -2.42. The van der Waals surface area contributed by atoms with Gasteiger partial charge in [-0.05, 0) is 6.42 Å². The van der Waals surface area contributed by atoms with E-state index in [9.17, 15) is 18.0 Å². The van der Waals surface area contributed by atoms with E-state index < -0.39 is 35.0 Å². The number of carbonyl (C=O) groups is 2. The first kappa shape index (κ1) is 15.8. The SMILES string of the molecule is COCCCS(=O)(=O)N(CC(N)=O)CC(=O)O. The van der Waals surface area contributed by atoms with E-state index >= 15 is 0 Å². The molecule has 1 amide bonds. The minimum absolute atomic E-state index is 0.216. The maximum Gasteiger partial charge on any atom is 0.318 e. The highest BCUT2D eigenvalue weighted by molar-refractivity contribution is 7.89. The number of ether oxygens (including phenoxy) is 1. The van der Waals surface area contributed by atoms with Gasteiger partial charge in [-0.15, -0.1) is 0 Å². The van der Waals surface area contributed by atoms with Crippen molar-refractivity contribution in [2.24, 2.45) is 5.73 Å². The Morgan fingerprint density at radius 2 is 1.94 bits per heavy atom. The molecule has 0 fully saturated rings. The number of primary amides is 1. The van der Waals surface area contributed by atoms with E-state index in [-0.39, 0.29) is 18.8 Å². The first-order valence-electron chi connectivity index (χ1n) is 4.76. The molecule has 0 aromatic rings. The number of hydrogen-bond acceptors (Lipinski definition) is 5. The number of amides is 1. The normalized spacial score (nSPS) is 11.6. The van der Waals surface area contributed by atoms with E-state index in [0.29, 0.717) is 4.31 Å². The fourth-order valence-corrected chi connectivity index (χ4v) is 2.46. The van der Waals surface area contributed by atoms with Crippen LogP contribution in [0.15, 0.2) is 0 Å². The summed E-state index contributed by atoms with van der Waals surface area (Å²) in [6.45, 7) is -1.18. The Morgan fingerprint density at radius 3 is 2.35 bits per heavy atom. The third-order valence-electron chi connectivity index (χ3n) is 1.79. The Morgan fingerprint density at radius 1 is 1.35 bits per heavy atom. The fourth-order valence-electron chi connectivity index (χ4n) is 1.09. The van der Waals surface area contributed by atoms with Crippen LogP contribution in [0.4, 0.5) is 0 Å². The highest BCUT2D eigenvalue weighted by atomic mass is 32.2. The van der Waals surface area contributed by atoms with Crippen molar-refractivity contribution in [2.75, 3.05) is 32.6 Å². The molecule has 0 heterocycles. The van der Waals surface area contributed by atoms with Gasteiger partial charge in [-0.25, -0.2) is 8.42 Å². The van der Waals surface area contributed by atoms with Crippen LogP contribution in [0.5, 0.6) is 0 Å². The van der Waals surface area contributed by atoms with E-state index in [2.05, 4.69) is 4.74 Å². The van der Waals surface area contributed by atoms with Crippen LogP contribution in [-0.4, -0.2) is 62.3 Å². The second-order valence-corrected chi connectivity index (χ2v) is 5.38. The maximum atomic E-state index is 11.7. The molecule has 9 heteroatoms. The summed E-state index contributed by atoms with van der Waals surface area (Å²) in [5, 5.41) is 8.55. The van der Waals surface area contributed by atoms with E-state index in [1.54, 1.807) is 0 Å². The zero-order chi connectivity index (χ0) is 13.5. The number of carboxylic acids is 1. The van der Waals surface area contributed by atoms with E-state index in [1.165, 1.54) is 7.11 Å². The molecule has 0 aliphatic carbocycles. The van der Waals surface area contributed by atoms with Gasteiger partial charge in [0.2, 0.25) is 15.9 Å². The Bertz CT molecular complexity index is 350. The van der Waals surface area contributed by atoms with Crippen LogP contribution in [0, 0.1) is 0 Å². The molecule has 3 N–H and O–H groups in total. The third kappa shape index (κ3) is 6.87. The average molecular weight is 268 g/mol. The number of carboxylic acid groups (broad SMARTS) is 1. The summed E-state index contributed by atoms with van der Waals surface area (Å²) in [6, 6.07) is 0. The quantitative estimate of drug-likeness (QED) is 0.476. The molecule has 0 aromatic carbocycles. The van der Waals surface area contributed by atoms with Gasteiger partial charge >= 0.3 is 5.97 Å². The van der Waals surface area contributed by atoms with Crippen molar-refractivity contribution in [2.45, 2.75) is 6.42 Å². The second kappa shape index (κ2) is 7.20. The lowest BCUT2D eigenvalue weighted by Gasteiger charge is -2.18. The molecule has 0 radical (unpaired) electrons. The summed E-state index contributed by atoms with van der Waals surface area (Å²) in [7, 11) is -2.39. The number of nitrogens with two attached hydrogens (primary N) is 1. The molecule has 0 saturated heterocycles.